The fourth-order valence-electron chi connectivity index (χ4n) is 12.4. The van der Waals surface area contributed by atoms with Crippen LogP contribution in [0, 0.1) is 29.1 Å². The topological polar surface area (TPSA) is 522 Å². The standard InChI is InChI=1S/C33H34FO8PS.C19H22FO8PS.C19H32FO6PS.C12H18FO7PS.C11H16FO6PS/c1-24(2)28-19-31(34)30(32(20-28)44(3,37)38)23-39-33(35)18-25-14-16-29(17-15-25)42-43(36,40-21-26-10-6-4-7-11-26)41-22-27-12-8-5-9-13-27;1-12(2)14-9-17(20)16(18(10-14)30(3,25)26)11-27-19(21)8-13-4-6-15(7-5-13)28-29(22,23)24;1-13(2)14-10-16(20)15(17(11-14)28(9,22)23)12-24-27(21,25-18(3,4)5)26-19(6,7)8;1-8(2)9-4-11(13)10(12(5-9)22(3,17)18)6-19-7-20-21(14,15)16;1-7(2)8-4-10(12)9(6-18-19(13,14)15)11(5-8)20(3,16)17/h4-17,19-20,24H,18,21-23H2,1-3H3;4-7,9-10,12H,8,11H2,1-3H3,(H2,22,23,24);10-11,13H,12H2,1-9H3;4-5,8H,6-7H2,1-3H3,(H2,14,15,16);4-5,7H,6H2,1-3H3,(H2,13,14,15). The molecule has 0 heterocycles. The molecule has 0 amide bonds. The van der Waals surface area contributed by atoms with Gasteiger partial charge < -0.3 is 42.8 Å². The predicted octanol–water partition coefficient (Wildman–Crippen LogP) is 20.2. The van der Waals surface area contributed by atoms with Gasteiger partial charge in [-0.05, 0) is 206 Å². The van der Waals surface area contributed by atoms with Crippen LogP contribution in [0.2, 0.25) is 0 Å². The highest BCUT2D eigenvalue weighted by Crippen LogP contribution is 2.57. The number of phosphoric ester groups is 5. The lowest BCUT2D eigenvalue weighted by atomic mass is 10.0. The summed E-state index contributed by atoms with van der Waals surface area (Å²) in [5.74, 6) is -5.61. The molecule has 6 N–H and O–H groups in total. The molecule has 0 aliphatic carbocycles. The molecule has 0 radical (unpaired) electrons. The van der Waals surface area contributed by atoms with Crippen LogP contribution in [0.5, 0.6) is 11.5 Å². The first-order valence-electron chi connectivity index (χ1n) is 43.5. The number of hydrogen-bond donors (Lipinski definition) is 6. The average molecular weight is 2220 g/mol. The van der Waals surface area contributed by atoms with Crippen LogP contribution in [-0.2, 0) is 187 Å². The Morgan fingerprint density at radius 2 is 0.556 bits per heavy atom. The van der Waals surface area contributed by atoms with E-state index in [2.05, 4.69) is 13.6 Å². The Bertz CT molecular complexity index is 6730. The number of halogens is 5. The van der Waals surface area contributed by atoms with E-state index < -0.39 is 180 Å². The van der Waals surface area contributed by atoms with Crippen LogP contribution in [0.3, 0.4) is 0 Å². The molecule has 0 fully saturated rings. The van der Waals surface area contributed by atoms with E-state index in [-0.39, 0.29) is 119 Å². The molecule has 0 aliphatic rings. The van der Waals surface area contributed by atoms with Crippen molar-refractivity contribution in [1.29, 1.82) is 0 Å². The van der Waals surface area contributed by atoms with Crippen LogP contribution in [0.25, 0.3) is 0 Å². The van der Waals surface area contributed by atoms with Crippen LogP contribution >= 0.6 is 39.1 Å². The van der Waals surface area contributed by atoms with Gasteiger partial charge in [-0.1, -0.05) is 154 Å². The molecule has 50 heteroatoms. The van der Waals surface area contributed by atoms with E-state index in [9.17, 15) is 96.5 Å². The van der Waals surface area contributed by atoms with Crippen LogP contribution in [0.1, 0.15) is 218 Å². The average Bonchev–Trinajstić information content (AvgIpc) is 0.805. The van der Waals surface area contributed by atoms with E-state index in [1.54, 1.807) is 95.2 Å². The Kier molecular flexibility index (Phi) is 46.4. The van der Waals surface area contributed by atoms with Crippen molar-refractivity contribution in [2.45, 2.75) is 235 Å². The van der Waals surface area contributed by atoms with E-state index in [1.165, 1.54) is 91.0 Å². The van der Waals surface area contributed by atoms with E-state index in [0.29, 0.717) is 38.9 Å². The molecule has 0 saturated carbocycles. The molecule has 35 nitrogen and oxygen atoms in total. The summed E-state index contributed by atoms with van der Waals surface area (Å²) in [7, 11) is -41.1. The first kappa shape index (κ1) is 126. The lowest BCUT2D eigenvalue weighted by Crippen LogP contribution is -2.24. The van der Waals surface area contributed by atoms with Gasteiger partial charge in [-0.2, -0.15) is 0 Å². The first-order chi connectivity index (χ1) is 65.8. The van der Waals surface area contributed by atoms with Gasteiger partial charge in [-0.3, -0.25) is 51.0 Å². The second kappa shape index (κ2) is 53.1. The van der Waals surface area contributed by atoms with Crippen LogP contribution in [-0.4, -0.2) is 133 Å². The molecule has 0 aromatic heterocycles. The predicted molar refractivity (Wildman–Crippen MR) is 525 cm³/mol. The Morgan fingerprint density at radius 3 is 0.806 bits per heavy atom. The number of ether oxygens (including phenoxy) is 3. The summed E-state index contributed by atoms with van der Waals surface area (Å²) in [6.45, 7) is 24.3. The number of hydrogen-bond acceptors (Lipinski definition) is 29. The maximum atomic E-state index is 14.8. The molecule has 144 heavy (non-hydrogen) atoms. The minimum Gasteiger partial charge on any atom is -0.460 e. The maximum absolute atomic E-state index is 14.8. The Morgan fingerprint density at radius 1 is 0.306 bits per heavy atom. The van der Waals surface area contributed by atoms with Gasteiger partial charge in [-0.15, -0.1) is 0 Å². The van der Waals surface area contributed by atoms with Crippen molar-refractivity contribution in [3.63, 3.8) is 0 Å². The Balaban J connectivity index is 0.000000327. The lowest BCUT2D eigenvalue weighted by Gasteiger charge is -2.31. The summed E-state index contributed by atoms with van der Waals surface area (Å²) in [5, 5.41) is 0. The molecule has 9 aromatic carbocycles. The van der Waals surface area contributed by atoms with Crippen molar-refractivity contribution in [2.75, 3.05) is 38.1 Å². The summed E-state index contributed by atoms with van der Waals surface area (Å²) in [6.07, 6.45) is 4.39. The number of carbonyl (C=O) groups excluding carboxylic acids is 2. The van der Waals surface area contributed by atoms with Crippen molar-refractivity contribution in [1.82, 2.24) is 0 Å². The van der Waals surface area contributed by atoms with Crippen molar-refractivity contribution < 1.29 is 181 Å². The maximum Gasteiger partial charge on any atom is 0.530 e. The quantitative estimate of drug-likeness (QED) is 0.00681. The molecule has 798 valence electrons. The largest absolute Gasteiger partial charge is 0.530 e. The SMILES string of the molecule is CC(C)c1cc(F)c(COC(=O)Cc2ccc(OP(=O)(O)O)cc2)c(S(C)(=O)=O)c1.CC(C)c1cc(F)c(COC(=O)Cc2ccc(OP(=O)(OCc3ccccc3)OCc3ccccc3)cc2)c(S(C)(=O)=O)c1.CC(C)c1cc(F)c(COCOP(=O)(O)O)c(S(C)(=O)=O)c1.CC(C)c1cc(F)c(COP(=O)(O)O)c(S(C)(=O)=O)c1.CC(C)c1cc(F)c(COP(=O)(OC(C)(C)C)OC(C)(C)C)c(S(C)(=O)=O)c1. The van der Waals surface area contributed by atoms with Crippen LogP contribution < -0.4 is 9.05 Å². The van der Waals surface area contributed by atoms with Crippen molar-refractivity contribution in [3.8, 4) is 11.5 Å². The van der Waals surface area contributed by atoms with Gasteiger partial charge in [0.25, 0.3) is 0 Å². The van der Waals surface area contributed by atoms with E-state index in [1.807, 2.05) is 88.4 Å². The number of phosphoric acid groups is 5. The van der Waals surface area contributed by atoms with Crippen molar-refractivity contribution >= 4 is 100 Å². The van der Waals surface area contributed by atoms with Crippen molar-refractivity contribution in [2.24, 2.45) is 0 Å². The molecule has 9 rings (SSSR count). The molecular formula is C94H122F5O35P5S5. The third-order valence-electron chi connectivity index (χ3n) is 19.5. The second-order valence-electron chi connectivity index (χ2n) is 36.1. The third kappa shape index (κ3) is 44.5. The number of esters is 2. The first-order valence-corrected chi connectivity index (χ1v) is 60.5. The summed E-state index contributed by atoms with van der Waals surface area (Å²) in [6, 6.07) is 42.9. The van der Waals surface area contributed by atoms with Crippen LogP contribution in [0.15, 0.2) is 194 Å². The van der Waals surface area contributed by atoms with E-state index in [0.717, 1.165) is 48.5 Å². The Labute approximate surface area is 837 Å². The highest BCUT2D eigenvalue weighted by molar-refractivity contribution is 7.92. The number of carbonyl (C=O) groups is 2. The molecule has 0 atom stereocenters. The summed E-state index contributed by atoms with van der Waals surface area (Å²) in [5.41, 5.74) is 2.20. The summed E-state index contributed by atoms with van der Waals surface area (Å²) >= 11 is 0. The Hall–Kier alpha value is -8.49. The molecule has 0 spiro atoms. The molecule has 0 unspecified atom stereocenters. The van der Waals surface area contributed by atoms with Gasteiger partial charge in [0, 0.05) is 59.1 Å². The van der Waals surface area contributed by atoms with Gasteiger partial charge in [-0.25, -0.2) is 86.9 Å². The smallest absolute Gasteiger partial charge is 0.460 e. The zero-order valence-corrected chi connectivity index (χ0v) is 91.4. The number of rotatable bonds is 41. The number of benzene rings is 9. The highest BCUT2D eigenvalue weighted by atomic mass is 32.2. The van der Waals surface area contributed by atoms with Crippen molar-refractivity contribution in [3.05, 3.63) is 277 Å². The zero-order chi connectivity index (χ0) is 109. The number of sulfone groups is 5. The monoisotopic (exact) mass is 2220 g/mol. The minimum atomic E-state index is -4.82. The minimum absolute atomic E-state index is 0.00132. The van der Waals surface area contributed by atoms with E-state index >= 15 is 0 Å². The second-order valence-corrected chi connectivity index (χ2v) is 52.8. The molecule has 9 aromatic rings. The molecular weight excluding hydrogens is 2100 g/mol. The van der Waals surface area contributed by atoms with Gasteiger partial charge in [0.05, 0.1) is 81.6 Å². The van der Waals surface area contributed by atoms with Gasteiger partial charge in [0.2, 0.25) is 0 Å². The fraction of sp³-hybridized carbons (Fsp3) is 0.404. The van der Waals surface area contributed by atoms with Gasteiger partial charge in [0.1, 0.15) is 53.8 Å². The highest BCUT2D eigenvalue weighted by Gasteiger charge is 2.39. The zero-order valence-electron chi connectivity index (χ0n) is 82.8. The van der Waals surface area contributed by atoms with Gasteiger partial charge in [0.15, 0.2) is 56.0 Å². The summed E-state index contributed by atoms with van der Waals surface area (Å²) < 4.78 is 312. The molecule has 0 bridgehead atoms. The van der Waals surface area contributed by atoms with Crippen LogP contribution in [0.4, 0.5) is 22.0 Å². The lowest BCUT2D eigenvalue weighted by molar-refractivity contribution is -0.145. The fourth-order valence-corrected chi connectivity index (χ4v) is 21.0. The van der Waals surface area contributed by atoms with Gasteiger partial charge >= 0.3 is 51.1 Å². The van der Waals surface area contributed by atoms with E-state index in [4.69, 9.17) is 70.7 Å². The normalized spacial score (nSPS) is 12.6. The molecule has 0 aliphatic heterocycles. The molecule has 0 saturated heterocycles. The third-order valence-corrected chi connectivity index (χ3v) is 30.0. The summed E-state index contributed by atoms with van der Waals surface area (Å²) in [4.78, 5) is 75.2.